The summed E-state index contributed by atoms with van der Waals surface area (Å²) in [5, 5.41) is 4.71. The van der Waals surface area contributed by atoms with Gasteiger partial charge in [-0.1, -0.05) is 54.1 Å². The lowest BCUT2D eigenvalue weighted by Gasteiger charge is -2.31. The molecule has 0 saturated carbocycles. The predicted molar refractivity (Wildman–Crippen MR) is 143 cm³/mol. The molecule has 3 heterocycles. The first kappa shape index (κ1) is 22.2. The fourth-order valence-corrected chi connectivity index (χ4v) is 5.36. The number of ether oxygens (including phenoxy) is 1. The fraction of sp³-hybridized carbons (Fsp3) is 0.143. The molecule has 0 spiro atoms. The van der Waals surface area contributed by atoms with Crippen molar-refractivity contribution in [2.45, 2.75) is 6.04 Å². The highest BCUT2D eigenvalue weighted by Crippen LogP contribution is 2.46. The molecule has 3 aromatic carbocycles. The number of nitrogens with zero attached hydrogens (tertiary/aromatic N) is 3. The smallest absolute Gasteiger partial charge is 0.331 e. The highest BCUT2D eigenvalue weighted by molar-refractivity contribution is 6.30. The summed E-state index contributed by atoms with van der Waals surface area (Å²) in [6.45, 7) is 0. The van der Waals surface area contributed by atoms with Crippen LogP contribution in [0, 0.1) is 0 Å². The number of hydrogen-bond donors (Lipinski definition) is 1. The van der Waals surface area contributed by atoms with E-state index in [1.54, 1.807) is 30.9 Å². The second-order valence-corrected chi connectivity index (χ2v) is 9.28. The number of nitrogens with one attached hydrogen (secondary N) is 1. The molecule has 0 aliphatic carbocycles. The highest BCUT2D eigenvalue weighted by atomic mass is 35.5. The minimum Gasteiger partial charge on any atom is -0.496 e. The average molecular weight is 499 g/mol. The van der Waals surface area contributed by atoms with Crippen molar-refractivity contribution in [1.82, 2.24) is 13.7 Å². The van der Waals surface area contributed by atoms with E-state index in [1.165, 1.54) is 7.05 Å². The molecule has 180 valence electrons. The Morgan fingerprint density at radius 1 is 0.889 bits per heavy atom. The van der Waals surface area contributed by atoms with Crippen LogP contribution in [0.3, 0.4) is 0 Å². The van der Waals surface area contributed by atoms with Gasteiger partial charge in [-0.15, -0.1) is 0 Å². The van der Waals surface area contributed by atoms with E-state index in [2.05, 4.69) is 9.88 Å². The van der Waals surface area contributed by atoms with E-state index in [4.69, 9.17) is 16.3 Å². The van der Waals surface area contributed by atoms with Gasteiger partial charge in [-0.05, 0) is 35.9 Å². The first-order chi connectivity index (χ1) is 17.4. The van der Waals surface area contributed by atoms with Crippen LogP contribution in [-0.2, 0) is 14.1 Å². The van der Waals surface area contributed by atoms with E-state index >= 15 is 0 Å². The molecule has 36 heavy (non-hydrogen) atoms. The zero-order valence-corrected chi connectivity index (χ0v) is 20.7. The van der Waals surface area contributed by atoms with Crippen LogP contribution in [0.15, 0.2) is 82.4 Å². The summed E-state index contributed by atoms with van der Waals surface area (Å²) in [4.78, 5) is 26.9. The van der Waals surface area contributed by atoms with Gasteiger partial charge in [0, 0.05) is 24.7 Å². The SMILES string of the molecule is COc1ccccc1C1Nc2ccccc2-n2c(-c3ccc(Cl)cc3)c3c(=O)n(C)c(=O)n(C)c3c21. The lowest BCUT2D eigenvalue weighted by atomic mass is 9.98. The molecule has 1 aliphatic rings. The molecular formula is C28H23ClN4O3. The molecule has 0 radical (unpaired) electrons. The summed E-state index contributed by atoms with van der Waals surface area (Å²) in [6.07, 6.45) is 0. The van der Waals surface area contributed by atoms with Gasteiger partial charge in [0.05, 0.1) is 46.8 Å². The van der Waals surface area contributed by atoms with Gasteiger partial charge in [0.25, 0.3) is 5.56 Å². The number of hydrogen-bond acceptors (Lipinski definition) is 4. The number of fused-ring (bicyclic) bond motifs is 5. The third-order valence-corrected chi connectivity index (χ3v) is 7.15. The maximum absolute atomic E-state index is 13.7. The number of rotatable bonds is 3. The van der Waals surface area contributed by atoms with Crippen molar-refractivity contribution >= 4 is 28.2 Å². The second kappa shape index (κ2) is 8.17. The number of para-hydroxylation sites is 3. The second-order valence-electron chi connectivity index (χ2n) is 8.84. The molecule has 0 amide bonds. The van der Waals surface area contributed by atoms with E-state index in [0.717, 1.165) is 32.8 Å². The Labute approximate surface area is 211 Å². The third-order valence-electron chi connectivity index (χ3n) is 6.89. The van der Waals surface area contributed by atoms with Crippen LogP contribution in [0.2, 0.25) is 5.02 Å². The summed E-state index contributed by atoms with van der Waals surface area (Å²) < 4.78 is 10.5. The van der Waals surface area contributed by atoms with Crippen LogP contribution in [0.5, 0.6) is 5.75 Å². The summed E-state index contributed by atoms with van der Waals surface area (Å²) in [7, 11) is 4.85. The maximum atomic E-state index is 13.7. The molecule has 2 aromatic heterocycles. The number of halogens is 1. The molecule has 1 atom stereocenters. The Morgan fingerprint density at radius 3 is 2.33 bits per heavy atom. The maximum Gasteiger partial charge on any atom is 0.331 e. The molecule has 7 nitrogen and oxygen atoms in total. The number of aromatic nitrogens is 3. The van der Waals surface area contributed by atoms with Crippen molar-refractivity contribution in [3.05, 3.63) is 110 Å². The number of methoxy groups -OCH3 is 1. The summed E-state index contributed by atoms with van der Waals surface area (Å²) >= 11 is 6.21. The van der Waals surface area contributed by atoms with Crippen molar-refractivity contribution in [2.75, 3.05) is 12.4 Å². The quantitative estimate of drug-likeness (QED) is 0.385. The molecule has 6 rings (SSSR count). The van der Waals surface area contributed by atoms with Gasteiger partial charge in [-0.2, -0.15) is 0 Å². The Kier molecular flexibility index (Phi) is 5.05. The number of benzene rings is 3. The molecule has 0 fully saturated rings. The van der Waals surface area contributed by atoms with Crippen LogP contribution < -0.4 is 21.3 Å². The van der Waals surface area contributed by atoms with E-state index in [1.807, 2.05) is 60.7 Å². The van der Waals surface area contributed by atoms with Crippen molar-refractivity contribution in [3.63, 3.8) is 0 Å². The Hall–Kier alpha value is -4.23. The van der Waals surface area contributed by atoms with Gasteiger partial charge in [-0.25, -0.2) is 4.79 Å². The summed E-state index contributed by atoms with van der Waals surface area (Å²) in [5.74, 6) is 0.706. The molecular weight excluding hydrogens is 476 g/mol. The van der Waals surface area contributed by atoms with Crippen molar-refractivity contribution in [2.24, 2.45) is 14.1 Å². The minimum absolute atomic E-state index is 0.351. The van der Waals surface area contributed by atoms with Gasteiger partial charge in [0.1, 0.15) is 5.75 Å². The lowest BCUT2D eigenvalue weighted by molar-refractivity contribution is 0.408. The van der Waals surface area contributed by atoms with E-state index in [-0.39, 0.29) is 11.2 Å². The Bertz CT molecular complexity index is 1780. The predicted octanol–water partition coefficient (Wildman–Crippen LogP) is 4.87. The first-order valence-corrected chi connectivity index (χ1v) is 11.9. The zero-order valence-electron chi connectivity index (χ0n) is 19.9. The molecule has 1 N–H and O–H groups in total. The molecule has 0 saturated heterocycles. The Balaban J connectivity index is 1.86. The zero-order chi connectivity index (χ0) is 25.1. The molecule has 0 bridgehead atoms. The molecule has 1 unspecified atom stereocenters. The highest BCUT2D eigenvalue weighted by Gasteiger charge is 2.35. The average Bonchev–Trinajstić information content (AvgIpc) is 3.27. The van der Waals surface area contributed by atoms with Crippen LogP contribution in [0.4, 0.5) is 5.69 Å². The van der Waals surface area contributed by atoms with Gasteiger partial charge >= 0.3 is 5.69 Å². The third kappa shape index (κ3) is 3.06. The topological polar surface area (TPSA) is 70.2 Å². The van der Waals surface area contributed by atoms with E-state index in [9.17, 15) is 9.59 Å². The van der Waals surface area contributed by atoms with Crippen molar-refractivity contribution < 1.29 is 4.74 Å². The molecule has 1 aliphatic heterocycles. The standard InChI is InChI=1S/C28H23ClN4O3/c1-31-25-22(27(34)32(2)28(31)35)24(16-12-14-17(29)15-13-16)33-20-10-6-5-9-19(20)30-23(26(25)33)18-8-4-7-11-21(18)36-3/h4-15,23,30H,1-3H3. The Morgan fingerprint density at radius 2 is 1.58 bits per heavy atom. The van der Waals surface area contributed by atoms with Crippen molar-refractivity contribution in [3.8, 4) is 22.7 Å². The van der Waals surface area contributed by atoms with Gasteiger partial charge in [0.15, 0.2) is 0 Å². The fourth-order valence-electron chi connectivity index (χ4n) is 5.24. The van der Waals surface area contributed by atoms with Crippen molar-refractivity contribution in [1.29, 1.82) is 0 Å². The normalized spacial score (nSPS) is 14.3. The minimum atomic E-state index is -0.391. The van der Waals surface area contributed by atoms with E-state index in [0.29, 0.717) is 27.4 Å². The van der Waals surface area contributed by atoms with Gasteiger partial charge in [0.2, 0.25) is 0 Å². The van der Waals surface area contributed by atoms with Gasteiger partial charge in [-0.3, -0.25) is 13.9 Å². The van der Waals surface area contributed by atoms with Crippen LogP contribution in [-0.4, -0.2) is 20.8 Å². The van der Waals surface area contributed by atoms with E-state index < -0.39 is 6.04 Å². The summed E-state index contributed by atoms with van der Waals surface area (Å²) in [6, 6.07) is 22.7. The van der Waals surface area contributed by atoms with Crippen LogP contribution in [0.1, 0.15) is 17.3 Å². The molecule has 5 aromatic rings. The van der Waals surface area contributed by atoms with Gasteiger partial charge < -0.3 is 14.6 Å². The van der Waals surface area contributed by atoms with Crippen LogP contribution in [0.25, 0.3) is 27.8 Å². The number of aryl methyl sites for hydroxylation is 1. The van der Waals surface area contributed by atoms with Crippen LogP contribution >= 0.6 is 11.6 Å². The largest absolute Gasteiger partial charge is 0.496 e. The molecule has 8 heteroatoms. The number of anilines is 1. The summed E-state index contributed by atoms with van der Waals surface area (Å²) in [5.41, 5.74) is 4.83. The first-order valence-electron chi connectivity index (χ1n) is 11.5. The monoisotopic (exact) mass is 498 g/mol. The lowest BCUT2D eigenvalue weighted by Crippen LogP contribution is -2.37.